The maximum atomic E-state index is 12.9. The van der Waals surface area contributed by atoms with E-state index in [2.05, 4.69) is 0 Å². The first kappa shape index (κ1) is 18.7. The number of amides is 1. The first-order valence-electron chi connectivity index (χ1n) is 9.17. The van der Waals surface area contributed by atoms with Crippen molar-refractivity contribution in [1.29, 1.82) is 0 Å². The van der Waals surface area contributed by atoms with E-state index in [1.807, 2.05) is 86.8 Å². The second-order valence-electron chi connectivity index (χ2n) is 6.97. The van der Waals surface area contributed by atoms with Crippen molar-refractivity contribution < 1.29 is 9.90 Å². The number of carbonyl (C=O) groups excluding carboxylic acids is 1. The molecule has 138 valence electrons. The van der Waals surface area contributed by atoms with Gasteiger partial charge >= 0.3 is 0 Å². The molecule has 0 aliphatic carbocycles. The van der Waals surface area contributed by atoms with Gasteiger partial charge in [0.2, 0.25) is 5.91 Å². The Hall–Kier alpha value is -3.07. The topological polar surface area (TPSA) is 40.5 Å². The monoisotopic (exact) mass is 359 g/mol. The molecule has 3 heteroatoms. The second kappa shape index (κ2) is 8.54. The van der Waals surface area contributed by atoms with Crippen LogP contribution in [0, 0.1) is 6.92 Å². The zero-order valence-corrected chi connectivity index (χ0v) is 15.8. The molecule has 0 aliphatic rings. The van der Waals surface area contributed by atoms with Gasteiger partial charge in [0, 0.05) is 31.5 Å². The Bertz CT molecular complexity index is 891. The molecule has 1 atom stereocenters. The summed E-state index contributed by atoms with van der Waals surface area (Å²) in [5.41, 5.74) is 3.99. The van der Waals surface area contributed by atoms with Crippen LogP contribution < -0.4 is 0 Å². The highest BCUT2D eigenvalue weighted by molar-refractivity contribution is 5.77. The van der Waals surface area contributed by atoms with Gasteiger partial charge in [-0.1, -0.05) is 78.4 Å². The van der Waals surface area contributed by atoms with Crippen molar-refractivity contribution in [1.82, 2.24) is 4.90 Å². The summed E-state index contributed by atoms with van der Waals surface area (Å²) in [5, 5.41) is 10.4. The predicted octanol–water partition coefficient (Wildman–Crippen LogP) is 4.88. The van der Waals surface area contributed by atoms with Gasteiger partial charge in [-0.25, -0.2) is 0 Å². The molecule has 1 amide bonds. The highest BCUT2D eigenvalue weighted by Crippen LogP contribution is 2.35. The van der Waals surface area contributed by atoms with Crippen molar-refractivity contribution in [2.45, 2.75) is 25.8 Å². The predicted molar refractivity (Wildman–Crippen MR) is 109 cm³/mol. The third-order valence-corrected chi connectivity index (χ3v) is 4.83. The van der Waals surface area contributed by atoms with E-state index in [1.54, 1.807) is 11.0 Å². The van der Waals surface area contributed by atoms with Crippen molar-refractivity contribution >= 4 is 5.91 Å². The van der Waals surface area contributed by atoms with E-state index in [0.29, 0.717) is 13.0 Å². The van der Waals surface area contributed by atoms with Crippen LogP contribution in [-0.2, 0) is 11.3 Å². The van der Waals surface area contributed by atoms with E-state index < -0.39 is 0 Å². The molecule has 3 nitrogen and oxygen atoms in total. The Labute approximate surface area is 160 Å². The van der Waals surface area contributed by atoms with E-state index in [4.69, 9.17) is 0 Å². The quantitative estimate of drug-likeness (QED) is 0.681. The Morgan fingerprint density at radius 2 is 1.59 bits per heavy atom. The average Bonchev–Trinajstić information content (AvgIpc) is 2.69. The maximum Gasteiger partial charge on any atom is 0.223 e. The fraction of sp³-hybridized carbons (Fsp3) is 0.208. The van der Waals surface area contributed by atoms with Crippen LogP contribution in [0.5, 0.6) is 5.75 Å². The van der Waals surface area contributed by atoms with Crippen LogP contribution in [0.3, 0.4) is 0 Å². The minimum Gasteiger partial charge on any atom is -0.508 e. The molecular formula is C24H25NO2. The summed E-state index contributed by atoms with van der Waals surface area (Å²) in [4.78, 5) is 14.7. The highest BCUT2D eigenvalue weighted by Gasteiger charge is 2.23. The van der Waals surface area contributed by atoms with E-state index in [1.165, 1.54) is 0 Å². The minimum atomic E-state index is -0.183. The lowest BCUT2D eigenvalue weighted by Gasteiger charge is -2.23. The average molecular weight is 359 g/mol. The number of carbonyl (C=O) groups is 1. The summed E-state index contributed by atoms with van der Waals surface area (Å²) >= 11 is 0. The fourth-order valence-electron chi connectivity index (χ4n) is 3.32. The molecule has 3 aromatic carbocycles. The Morgan fingerprint density at radius 1 is 0.963 bits per heavy atom. The molecule has 0 radical (unpaired) electrons. The number of phenolic OH excluding ortho intramolecular Hbond substituents is 1. The van der Waals surface area contributed by atoms with E-state index in [-0.39, 0.29) is 17.6 Å². The lowest BCUT2D eigenvalue weighted by Crippen LogP contribution is -2.27. The minimum absolute atomic E-state index is 0.0496. The van der Waals surface area contributed by atoms with E-state index in [0.717, 1.165) is 22.3 Å². The molecule has 0 fully saturated rings. The summed E-state index contributed by atoms with van der Waals surface area (Å²) in [6.07, 6.45) is 0.310. The van der Waals surface area contributed by atoms with Crippen LogP contribution in [0.15, 0.2) is 78.9 Å². The molecule has 27 heavy (non-hydrogen) atoms. The van der Waals surface area contributed by atoms with Crippen LogP contribution in [0.2, 0.25) is 0 Å². The zero-order valence-electron chi connectivity index (χ0n) is 15.8. The highest BCUT2D eigenvalue weighted by atomic mass is 16.3. The van der Waals surface area contributed by atoms with E-state index >= 15 is 0 Å². The number of benzene rings is 3. The zero-order chi connectivity index (χ0) is 19.2. The molecule has 0 spiro atoms. The standard InChI is InChI=1S/C24H25NO2/c1-18-13-14-23(26)22(15-18)21(20-11-7-4-8-12-20)16-24(27)25(2)17-19-9-5-3-6-10-19/h3-15,21,26H,16-17H2,1-2H3. The number of hydrogen-bond acceptors (Lipinski definition) is 2. The lowest BCUT2D eigenvalue weighted by molar-refractivity contribution is -0.130. The SMILES string of the molecule is Cc1ccc(O)c(C(CC(=O)N(C)Cc2ccccc2)c2ccccc2)c1. The van der Waals surface area contributed by atoms with E-state index in [9.17, 15) is 9.90 Å². The molecule has 1 N–H and O–H groups in total. The van der Waals surface area contributed by atoms with Crippen molar-refractivity contribution in [2.24, 2.45) is 0 Å². The van der Waals surface area contributed by atoms with Gasteiger partial charge in [0.1, 0.15) is 5.75 Å². The molecule has 1 unspecified atom stereocenters. The molecule has 0 saturated heterocycles. The fourth-order valence-corrected chi connectivity index (χ4v) is 3.32. The largest absolute Gasteiger partial charge is 0.508 e. The molecule has 3 rings (SSSR count). The van der Waals surface area contributed by atoms with Gasteiger partial charge in [-0.2, -0.15) is 0 Å². The van der Waals surface area contributed by atoms with Crippen molar-refractivity contribution in [3.63, 3.8) is 0 Å². The lowest BCUT2D eigenvalue weighted by atomic mass is 9.86. The molecule has 3 aromatic rings. The molecule has 0 aliphatic heterocycles. The van der Waals surface area contributed by atoms with Gasteiger partial charge in [-0.05, 0) is 24.1 Å². The Morgan fingerprint density at radius 3 is 2.26 bits per heavy atom. The number of rotatable bonds is 6. The van der Waals surface area contributed by atoms with Gasteiger partial charge in [-0.15, -0.1) is 0 Å². The number of nitrogens with zero attached hydrogens (tertiary/aromatic N) is 1. The molecule has 0 saturated carbocycles. The summed E-state index contributed by atoms with van der Waals surface area (Å²) < 4.78 is 0. The van der Waals surface area contributed by atoms with Crippen LogP contribution >= 0.6 is 0 Å². The first-order valence-corrected chi connectivity index (χ1v) is 9.17. The first-order chi connectivity index (χ1) is 13.0. The van der Waals surface area contributed by atoms with Crippen LogP contribution in [0.4, 0.5) is 0 Å². The van der Waals surface area contributed by atoms with Crippen molar-refractivity contribution in [3.05, 3.63) is 101 Å². The Balaban J connectivity index is 1.85. The number of aryl methyl sites for hydroxylation is 1. The summed E-state index contributed by atoms with van der Waals surface area (Å²) in [6.45, 7) is 2.56. The van der Waals surface area contributed by atoms with Gasteiger partial charge in [0.05, 0.1) is 0 Å². The molecule has 0 bridgehead atoms. The van der Waals surface area contributed by atoms with Crippen LogP contribution in [0.25, 0.3) is 0 Å². The maximum absolute atomic E-state index is 12.9. The number of phenols is 1. The molecule has 0 heterocycles. The summed E-state index contributed by atoms with van der Waals surface area (Å²) in [6, 6.07) is 25.4. The van der Waals surface area contributed by atoms with Crippen LogP contribution in [-0.4, -0.2) is 23.0 Å². The Kier molecular flexibility index (Phi) is 5.92. The third kappa shape index (κ3) is 4.76. The third-order valence-electron chi connectivity index (χ3n) is 4.83. The smallest absolute Gasteiger partial charge is 0.223 e. The van der Waals surface area contributed by atoms with Gasteiger partial charge < -0.3 is 10.0 Å². The van der Waals surface area contributed by atoms with Crippen LogP contribution in [0.1, 0.15) is 34.6 Å². The van der Waals surface area contributed by atoms with Crippen molar-refractivity contribution in [2.75, 3.05) is 7.05 Å². The second-order valence-corrected chi connectivity index (χ2v) is 6.97. The molecular weight excluding hydrogens is 334 g/mol. The number of hydrogen-bond donors (Lipinski definition) is 1. The van der Waals surface area contributed by atoms with Gasteiger partial charge in [0.15, 0.2) is 0 Å². The number of aromatic hydroxyl groups is 1. The molecule has 0 aromatic heterocycles. The summed E-state index contributed by atoms with van der Waals surface area (Å²) in [7, 11) is 1.83. The summed E-state index contributed by atoms with van der Waals surface area (Å²) in [5.74, 6) is 0.0957. The van der Waals surface area contributed by atoms with Gasteiger partial charge in [0.25, 0.3) is 0 Å². The normalized spacial score (nSPS) is 11.8. The van der Waals surface area contributed by atoms with Gasteiger partial charge in [-0.3, -0.25) is 4.79 Å². The van der Waals surface area contributed by atoms with Crippen molar-refractivity contribution in [3.8, 4) is 5.75 Å².